The van der Waals surface area contributed by atoms with Gasteiger partial charge in [-0.1, -0.05) is 36.4 Å². The normalized spacial score (nSPS) is 21.9. The van der Waals surface area contributed by atoms with Gasteiger partial charge in [0.1, 0.15) is 0 Å². The van der Waals surface area contributed by atoms with Gasteiger partial charge in [0.15, 0.2) is 5.88 Å². The van der Waals surface area contributed by atoms with Crippen LogP contribution in [0, 0.1) is 5.92 Å². The number of aromatic amines is 1. The van der Waals surface area contributed by atoms with Crippen LogP contribution in [0.25, 0.3) is 10.9 Å². The molecule has 0 unspecified atom stereocenters. The molecule has 6 nitrogen and oxygen atoms in total. The fourth-order valence-electron chi connectivity index (χ4n) is 5.37. The molecule has 1 amide bonds. The van der Waals surface area contributed by atoms with Crippen LogP contribution in [0.5, 0.6) is 5.88 Å². The fraction of sp³-hybridized carbons (Fsp3) is 0.286. The number of hydrogen-bond acceptors (Lipinski definition) is 5. The zero-order valence-electron chi connectivity index (χ0n) is 19.4. The Morgan fingerprint density at radius 1 is 1.11 bits per heavy atom. The summed E-state index contributed by atoms with van der Waals surface area (Å²) in [7, 11) is 0. The second kappa shape index (κ2) is 9.32. The smallest absolute Gasteiger partial charge is 0.251 e. The van der Waals surface area contributed by atoms with E-state index < -0.39 is 0 Å². The van der Waals surface area contributed by atoms with Crippen molar-refractivity contribution in [2.24, 2.45) is 10.9 Å². The van der Waals surface area contributed by atoms with Gasteiger partial charge in [0, 0.05) is 40.5 Å². The number of aromatic nitrogens is 1. The van der Waals surface area contributed by atoms with Gasteiger partial charge in [0.05, 0.1) is 17.3 Å². The molecule has 0 radical (unpaired) electrons. The van der Waals surface area contributed by atoms with Crippen LogP contribution in [-0.4, -0.2) is 52.3 Å². The van der Waals surface area contributed by atoms with Gasteiger partial charge < -0.3 is 20.3 Å². The molecule has 2 bridgehead atoms. The van der Waals surface area contributed by atoms with Crippen molar-refractivity contribution in [3.05, 3.63) is 87.6 Å². The number of thiophene rings is 1. The zero-order chi connectivity index (χ0) is 23.8. The van der Waals surface area contributed by atoms with E-state index >= 15 is 0 Å². The Morgan fingerprint density at radius 3 is 2.66 bits per heavy atom. The van der Waals surface area contributed by atoms with Crippen LogP contribution in [0.15, 0.2) is 70.3 Å². The van der Waals surface area contributed by atoms with Crippen LogP contribution in [-0.2, 0) is 6.54 Å². The number of H-pyrrole nitrogens is 1. The van der Waals surface area contributed by atoms with E-state index in [1.54, 1.807) is 17.4 Å². The third kappa shape index (κ3) is 4.37. The van der Waals surface area contributed by atoms with Crippen LogP contribution in [0.1, 0.15) is 39.9 Å². The number of nitrogens with one attached hydrogen (secondary N) is 2. The summed E-state index contributed by atoms with van der Waals surface area (Å²) in [5, 5.41) is 19.0. The molecule has 0 saturated carbocycles. The van der Waals surface area contributed by atoms with Gasteiger partial charge in [-0.25, -0.2) is 0 Å². The molecule has 2 aromatic heterocycles. The first kappa shape index (κ1) is 22.1. The average Bonchev–Trinajstić information content (AvgIpc) is 3.54. The van der Waals surface area contributed by atoms with E-state index in [2.05, 4.69) is 26.6 Å². The maximum absolute atomic E-state index is 12.8. The van der Waals surface area contributed by atoms with E-state index in [1.165, 1.54) is 12.8 Å². The SMILES string of the molecule is O=C(NCc1ccccc1)c1ccc2c(C(=N[C@H]3CN4CCC3CC4)c3ccsc3)c(O)[nH]c2c1. The number of fused-ring (bicyclic) bond motifs is 4. The number of carbonyl (C=O) groups excluding carboxylic acids is 1. The quantitative estimate of drug-likeness (QED) is 0.344. The summed E-state index contributed by atoms with van der Waals surface area (Å²) in [6, 6.07) is 17.7. The Morgan fingerprint density at radius 2 is 1.94 bits per heavy atom. The van der Waals surface area contributed by atoms with Crippen molar-refractivity contribution in [1.29, 1.82) is 0 Å². The van der Waals surface area contributed by atoms with Crippen LogP contribution in [0.4, 0.5) is 0 Å². The number of aromatic hydroxyl groups is 1. The van der Waals surface area contributed by atoms with E-state index in [4.69, 9.17) is 4.99 Å². The van der Waals surface area contributed by atoms with Crippen molar-refractivity contribution in [3.8, 4) is 5.88 Å². The lowest BCUT2D eigenvalue weighted by Gasteiger charge is -2.43. The monoisotopic (exact) mass is 484 g/mol. The predicted octanol–water partition coefficient (Wildman–Crippen LogP) is 4.80. The molecule has 0 aliphatic carbocycles. The van der Waals surface area contributed by atoms with Gasteiger partial charge in [0.2, 0.25) is 0 Å². The Balaban J connectivity index is 1.33. The topological polar surface area (TPSA) is 80.7 Å². The third-order valence-electron chi connectivity index (χ3n) is 7.28. The lowest BCUT2D eigenvalue weighted by molar-refractivity contribution is 0.0907. The summed E-state index contributed by atoms with van der Waals surface area (Å²) in [5.41, 5.74) is 4.88. The summed E-state index contributed by atoms with van der Waals surface area (Å²) in [6.45, 7) is 3.77. The number of nitrogens with zero attached hydrogens (tertiary/aromatic N) is 2. The van der Waals surface area contributed by atoms with Crippen molar-refractivity contribution >= 4 is 33.9 Å². The Bertz CT molecular complexity index is 1370. The number of piperidine rings is 3. The zero-order valence-corrected chi connectivity index (χ0v) is 20.2. The Kier molecular flexibility index (Phi) is 5.88. The molecule has 1 atom stereocenters. The highest BCUT2D eigenvalue weighted by molar-refractivity contribution is 7.08. The first-order valence-corrected chi connectivity index (χ1v) is 13.1. The van der Waals surface area contributed by atoms with Crippen molar-refractivity contribution in [2.75, 3.05) is 19.6 Å². The minimum atomic E-state index is -0.148. The lowest BCUT2D eigenvalue weighted by atomic mass is 9.84. The highest BCUT2D eigenvalue weighted by Gasteiger charge is 2.34. The molecule has 4 aromatic rings. The summed E-state index contributed by atoms with van der Waals surface area (Å²) >= 11 is 1.63. The van der Waals surface area contributed by atoms with Gasteiger partial charge in [0.25, 0.3) is 5.91 Å². The number of hydrogen-bond donors (Lipinski definition) is 3. The molecule has 3 N–H and O–H groups in total. The Hall–Kier alpha value is -3.42. The van der Waals surface area contributed by atoms with E-state index in [9.17, 15) is 9.90 Å². The molecule has 3 aliphatic rings. The molecule has 2 aromatic carbocycles. The van der Waals surface area contributed by atoms with Gasteiger partial charge in [-0.15, -0.1) is 0 Å². The van der Waals surface area contributed by atoms with Crippen molar-refractivity contribution in [3.63, 3.8) is 0 Å². The average molecular weight is 485 g/mol. The molecule has 3 saturated heterocycles. The molecular formula is C28H28N4O2S. The minimum absolute atomic E-state index is 0.0908. The molecule has 5 heterocycles. The van der Waals surface area contributed by atoms with Gasteiger partial charge >= 0.3 is 0 Å². The molecule has 3 aliphatic heterocycles. The molecular weight excluding hydrogens is 456 g/mol. The summed E-state index contributed by atoms with van der Waals surface area (Å²) in [5.74, 6) is 0.541. The molecule has 178 valence electrons. The van der Waals surface area contributed by atoms with Crippen LogP contribution in [0.3, 0.4) is 0 Å². The third-order valence-corrected chi connectivity index (χ3v) is 7.97. The van der Waals surface area contributed by atoms with Crippen LogP contribution in [0.2, 0.25) is 0 Å². The molecule has 7 heteroatoms. The molecule has 35 heavy (non-hydrogen) atoms. The maximum Gasteiger partial charge on any atom is 0.251 e. The first-order valence-electron chi connectivity index (χ1n) is 12.2. The van der Waals surface area contributed by atoms with E-state index in [0.717, 1.165) is 47.4 Å². The molecule has 0 spiro atoms. The van der Waals surface area contributed by atoms with Crippen molar-refractivity contribution < 1.29 is 9.90 Å². The number of aliphatic imine (C=N–C) groups is 1. The fourth-order valence-corrected chi connectivity index (χ4v) is 6.01. The summed E-state index contributed by atoms with van der Waals surface area (Å²) < 4.78 is 0. The van der Waals surface area contributed by atoms with Crippen LogP contribution < -0.4 is 5.32 Å². The highest BCUT2D eigenvalue weighted by Crippen LogP contribution is 2.34. The number of amides is 1. The largest absolute Gasteiger partial charge is 0.494 e. The first-order chi connectivity index (χ1) is 17.2. The highest BCUT2D eigenvalue weighted by atomic mass is 32.1. The molecule has 3 fully saturated rings. The number of carbonyl (C=O) groups is 1. The van der Waals surface area contributed by atoms with Gasteiger partial charge in [-0.05, 0) is 61.0 Å². The number of rotatable bonds is 6. The van der Waals surface area contributed by atoms with Crippen LogP contribution >= 0.6 is 11.3 Å². The standard InChI is InChI=1S/C28H28N4O2S/c33-27(29-15-18-4-2-1-3-5-18)20-6-7-22-23(14-20)31-28(34)25(22)26(21-10-13-35-17-21)30-24-16-32-11-8-19(24)9-12-32/h1-7,10,13-14,17,19,24,31,34H,8-9,11-12,15-16H2,(H,29,33)/t24-/m0/s1. The van der Waals surface area contributed by atoms with E-state index in [-0.39, 0.29) is 17.8 Å². The predicted molar refractivity (Wildman–Crippen MR) is 140 cm³/mol. The van der Waals surface area contributed by atoms with Crippen molar-refractivity contribution in [1.82, 2.24) is 15.2 Å². The maximum atomic E-state index is 12.8. The minimum Gasteiger partial charge on any atom is -0.494 e. The molecule has 7 rings (SSSR count). The van der Waals surface area contributed by atoms with Crippen molar-refractivity contribution in [2.45, 2.75) is 25.4 Å². The summed E-state index contributed by atoms with van der Waals surface area (Å²) in [6.07, 6.45) is 2.37. The number of benzene rings is 2. The Labute approximate surface area is 208 Å². The second-order valence-electron chi connectivity index (χ2n) is 9.47. The lowest BCUT2D eigenvalue weighted by Crippen LogP contribution is -2.49. The van der Waals surface area contributed by atoms with E-state index in [1.807, 2.05) is 47.8 Å². The van der Waals surface area contributed by atoms with E-state index in [0.29, 0.717) is 23.6 Å². The summed E-state index contributed by atoms with van der Waals surface area (Å²) in [4.78, 5) is 23.6. The van der Waals surface area contributed by atoms with Gasteiger partial charge in [-0.3, -0.25) is 9.79 Å². The second-order valence-corrected chi connectivity index (χ2v) is 10.3. The van der Waals surface area contributed by atoms with Gasteiger partial charge in [-0.2, -0.15) is 11.3 Å².